The van der Waals surface area contributed by atoms with Gasteiger partial charge in [-0.05, 0) is 24.4 Å². The van der Waals surface area contributed by atoms with Gasteiger partial charge in [0.05, 0.1) is 12.1 Å². The molecule has 0 radical (unpaired) electrons. The highest BCUT2D eigenvalue weighted by Gasteiger charge is 2.55. The van der Waals surface area contributed by atoms with Gasteiger partial charge in [-0.1, -0.05) is 0 Å². The molecule has 78 valence electrons. The van der Waals surface area contributed by atoms with Crippen LogP contribution in [0.25, 0.3) is 0 Å². The van der Waals surface area contributed by atoms with Gasteiger partial charge in [-0.2, -0.15) is 0 Å². The minimum absolute atomic E-state index is 0.914. The molecule has 6 heteroatoms. The van der Waals surface area contributed by atoms with Crippen LogP contribution in [0.15, 0.2) is 0 Å². The van der Waals surface area contributed by atoms with Gasteiger partial charge in [-0.3, -0.25) is 0 Å². The van der Waals surface area contributed by atoms with Crippen LogP contribution in [-0.2, 0) is 4.74 Å². The molecule has 0 bridgehead atoms. The molecule has 2 unspecified atom stereocenters. The highest BCUT2D eigenvalue weighted by molar-refractivity contribution is 6.30. The molecule has 1 aliphatic heterocycles. The van der Waals surface area contributed by atoms with Gasteiger partial charge in [-0.15, -0.1) is 0 Å². The molecule has 1 heterocycles. The van der Waals surface area contributed by atoms with Gasteiger partial charge in [-0.25, -0.2) is 4.39 Å². The number of alkyl halides is 1. The Hall–Kier alpha value is -0.275. The molecule has 0 saturated carbocycles. The molecule has 1 aliphatic rings. The van der Waals surface area contributed by atoms with Crippen LogP contribution >= 0.6 is 11.6 Å². The first-order valence-corrected chi connectivity index (χ1v) is 4.64. The molecule has 0 aliphatic carbocycles. The van der Waals surface area contributed by atoms with E-state index in [0.29, 0.717) is 0 Å². The number of aliphatic hydroxyl groups excluding tert-OH is 2. The van der Waals surface area contributed by atoms with Gasteiger partial charge in [0, 0.05) is 5.38 Å². The molecule has 1 fully saturated rings. The first kappa shape index (κ1) is 11.8. The van der Waals surface area contributed by atoms with Crippen LogP contribution in [0.5, 0.6) is 0 Å². The van der Waals surface area contributed by atoms with E-state index < -0.39 is 30.0 Å². The second-order valence-corrected chi connectivity index (χ2v) is 3.60. The van der Waals surface area contributed by atoms with Gasteiger partial charge in [0.2, 0.25) is 5.67 Å². The molecule has 1 saturated heterocycles. The molecule has 5 atom stereocenters. The molecule has 0 aromatic rings. The highest BCUT2D eigenvalue weighted by atomic mass is 35.5. The van der Waals surface area contributed by atoms with Gasteiger partial charge in [0.1, 0.15) is 20.1 Å². The summed E-state index contributed by atoms with van der Waals surface area (Å²) < 4.78 is 19.0. The SMILES string of the molecule is B[C@@H]1O[C@H](C(C)O)C(O)[C@]1(F)C#CCl. The Morgan fingerprint density at radius 2 is 2.29 bits per heavy atom. The molecule has 0 spiro atoms. The fourth-order valence-electron chi connectivity index (χ4n) is 1.51. The van der Waals surface area contributed by atoms with Crippen molar-refractivity contribution in [3.05, 3.63) is 0 Å². The third kappa shape index (κ3) is 1.75. The Labute approximate surface area is 87.6 Å². The number of hydrogen-bond donors (Lipinski definition) is 2. The molecule has 0 aromatic heterocycles. The maximum atomic E-state index is 14.0. The third-order valence-corrected chi connectivity index (χ3v) is 2.50. The zero-order valence-corrected chi connectivity index (χ0v) is 8.62. The van der Waals surface area contributed by atoms with Crippen LogP contribution in [0, 0.1) is 11.3 Å². The van der Waals surface area contributed by atoms with E-state index >= 15 is 0 Å². The van der Waals surface area contributed by atoms with Gasteiger partial charge in [0.25, 0.3) is 0 Å². The lowest BCUT2D eigenvalue weighted by Crippen LogP contribution is -2.45. The van der Waals surface area contributed by atoms with E-state index in [0.717, 1.165) is 0 Å². The normalized spacial score (nSPS) is 44.2. The largest absolute Gasteiger partial charge is 0.391 e. The zero-order valence-electron chi connectivity index (χ0n) is 7.87. The van der Waals surface area contributed by atoms with Crippen LogP contribution in [0.4, 0.5) is 4.39 Å². The summed E-state index contributed by atoms with van der Waals surface area (Å²) in [7, 11) is 1.44. The maximum absolute atomic E-state index is 14.0. The van der Waals surface area contributed by atoms with Crippen molar-refractivity contribution < 1.29 is 19.3 Å². The van der Waals surface area contributed by atoms with Gasteiger partial charge in [0.15, 0.2) is 0 Å². The van der Waals surface area contributed by atoms with E-state index in [4.69, 9.17) is 16.3 Å². The minimum atomic E-state index is -2.20. The predicted molar refractivity (Wildman–Crippen MR) is 52.4 cm³/mol. The molecule has 0 aromatic carbocycles. The molecular weight excluding hydrogens is 209 g/mol. The van der Waals surface area contributed by atoms with Crippen molar-refractivity contribution in [1.29, 1.82) is 0 Å². The standard InChI is InChI=1S/C8H11BClFO3/c1-4(12)5-6(13)8(11,2-3-10)7(9)14-5/h4-7,12-13H,9H2,1H3/t4?,5-,6?,7-,8-/m1/s1. The Kier molecular flexibility index (Phi) is 3.43. The second-order valence-electron chi connectivity index (χ2n) is 3.42. The molecule has 14 heavy (non-hydrogen) atoms. The van der Waals surface area contributed by atoms with Crippen LogP contribution in [0.1, 0.15) is 6.92 Å². The van der Waals surface area contributed by atoms with E-state index in [-0.39, 0.29) is 0 Å². The van der Waals surface area contributed by atoms with Crippen molar-refractivity contribution in [3.8, 4) is 11.3 Å². The average Bonchev–Trinajstić information content (AvgIpc) is 2.31. The number of aliphatic hydroxyl groups is 2. The van der Waals surface area contributed by atoms with E-state index in [1.807, 2.05) is 5.38 Å². The number of halogens is 2. The van der Waals surface area contributed by atoms with Crippen LogP contribution < -0.4 is 0 Å². The molecule has 3 nitrogen and oxygen atoms in total. The van der Waals surface area contributed by atoms with E-state index in [1.54, 1.807) is 0 Å². The summed E-state index contributed by atoms with van der Waals surface area (Å²) in [6, 6.07) is -0.914. The number of ether oxygens (including phenoxy) is 1. The lowest BCUT2D eigenvalue weighted by atomic mass is 9.82. The van der Waals surface area contributed by atoms with E-state index in [2.05, 4.69) is 5.92 Å². The number of hydrogen-bond acceptors (Lipinski definition) is 3. The molecule has 2 N–H and O–H groups in total. The molecule has 1 rings (SSSR count). The minimum Gasteiger partial charge on any atom is -0.391 e. The van der Waals surface area contributed by atoms with Crippen LogP contribution in [-0.4, -0.2) is 48.0 Å². The fraction of sp³-hybridized carbons (Fsp3) is 0.750. The lowest BCUT2D eigenvalue weighted by Gasteiger charge is -2.21. The van der Waals surface area contributed by atoms with Crippen molar-refractivity contribution in [2.24, 2.45) is 0 Å². The molecule has 0 amide bonds. The van der Waals surface area contributed by atoms with Crippen LogP contribution in [0.2, 0.25) is 0 Å². The quantitative estimate of drug-likeness (QED) is 0.440. The fourth-order valence-corrected chi connectivity index (χ4v) is 1.66. The highest BCUT2D eigenvalue weighted by Crippen LogP contribution is 2.34. The van der Waals surface area contributed by atoms with Crippen molar-refractivity contribution in [2.75, 3.05) is 0 Å². The Morgan fingerprint density at radius 1 is 1.71 bits per heavy atom. The summed E-state index contributed by atoms with van der Waals surface area (Å²) in [5, 5.41) is 20.7. The first-order valence-electron chi connectivity index (χ1n) is 4.26. The van der Waals surface area contributed by atoms with Gasteiger partial charge < -0.3 is 14.9 Å². The summed E-state index contributed by atoms with van der Waals surface area (Å²) in [5.74, 6) is 2.07. The Morgan fingerprint density at radius 3 is 2.64 bits per heavy atom. The maximum Gasteiger partial charge on any atom is 0.218 e. The summed E-state index contributed by atoms with van der Waals surface area (Å²) >= 11 is 5.10. The Balaban J connectivity index is 2.93. The topological polar surface area (TPSA) is 49.7 Å². The van der Waals surface area contributed by atoms with E-state index in [9.17, 15) is 14.6 Å². The van der Waals surface area contributed by atoms with Crippen molar-refractivity contribution >= 4 is 19.4 Å². The van der Waals surface area contributed by atoms with Crippen LogP contribution in [0.3, 0.4) is 0 Å². The summed E-state index contributed by atoms with van der Waals surface area (Å²) in [5.41, 5.74) is -2.20. The summed E-state index contributed by atoms with van der Waals surface area (Å²) in [4.78, 5) is 0. The van der Waals surface area contributed by atoms with Crippen molar-refractivity contribution in [1.82, 2.24) is 0 Å². The molecular formula is C8H11BClFO3. The van der Waals surface area contributed by atoms with Crippen molar-refractivity contribution in [3.63, 3.8) is 0 Å². The summed E-state index contributed by atoms with van der Waals surface area (Å²) in [6.07, 6.45) is -3.40. The zero-order chi connectivity index (χ0) is 10.9. The first-order chi connectivity index (χ1) is 6.43. The second kappa shape index (κ2) is 4.07. The monoisotopic (exact) mass is 220 g/mol. The third-order valence-electron chi connectivity index (χ3n) is 2.41. The smallest absolute Gasteiger partial charge is 0.218 e. The van der Waals surface area contributed by atoms with Crippen molar-refractivity contribution in [2.45, 2.75) is 36.9 Å². The average molecular weight is 220 g/mol. The van der Waals surface area contributed by atoms with E-state index in [1.165, 1.54) is 14.8 Å². The van der Waals surface area contributed by atoms with Gasteiger partial charge >= 0.3 is 0 Å². The predicted octanol–water partition coefficient (Wildman–Crippen LogP) is -1.01. The lowest BCUT2D eigenvalue weighted by molar-refractivity contribution is -0.0466. The summed E-state index contributed by atoms with van der Waals surface area (Å²) in [6.45, 7) is 1.42. The number of rotatable bonds is 1. The Bertz CT molecular complexity index is 277.